The fourth-order valence-corrected chi connectivity index (χ4v) is 3.20. The zero-order chi connectivity index (χ0) is 23.8. The molecule has 7 nitrogen and oxygen atoms in total. The number of carbonyl (C=O) groups is 1. The predicted molar refractivity (Wildman–Crippen MR) is 110 cm³/mol. The van der Waals surface area contributed by atoms with E-state index < -0.39 is 29.0 Å². The van der Waals surface area contributed by atoms with E-state index in [1.54, 1.807) is 26.0 Å². The van der Waals surface area contributed by atoms with E-state index in [2.05, 4.69) is 5.10 Å². The molecule has 170 valence electrons. The van der Waals surface area contributed by atoms with Crippen molar-refractivity contribution in [2.45, 2.75) is 46.0 Å². The van der Waals surface area contributed by atoms with E-state index in [-0.39, 0.29) is 12.2 Å². The third-order valence-electron chi connectivity index (χ3n) is 4.92. The monoisotopic (exact) mass is 449 g/mol. The van der Waals surface area contributed by atoms with Crippen molar-refractivity contribution in [3.05, 3.63) is 75.5 Å². The summed E-state index contributed by atoms with van der Waals surface area (Å²) < 4.78 is 46.3. The first-order chi connectivity index (χ1) is 14.8. The standard InChI is InChI=1S/C22H22F3N3O4/c1-13-9-15(10-14(2)18(13)32-21(3,4)19(29)30)11-27-12-26-28(20(27)31)17-7-5-16(6-8-17)22(23,24)25/h5-10,12H,11H2,1-4H3,(H,29,30). The number of nitrogens with zero attached hydrogens (tertiary/aromatic N) is 3. The summed E-state index contributed by atoms with van der Waals surface area (Å²) in [5, 5.41) is 13.3. The molecule has 0 aliphatic carbocycles. The highest BCUT2D eigenvalue weighted by molar-refractivity contribution is 5.77. The van der Waals surface area contributed by atoms with Gasteiger partial charge >= 0.3 is 17.8 Å². The molecule has 1 N–H and O–H groups in total. The van der Waals surface area contributed by atoms with Crippen LogP contribution in [0.1, 0.15) is 36.1 Å². The Bertz CT molecular complexity index is 1190. The summed E-state index contributed by atoms with van der Waals surface area (Å²) in [5.74, 6) is -0.642. The Kier molecular flexibility index (Phi) is 5.90. The van der Waals surface area contributed by atoms with E-state index in [1.807, 2.05) is 0 Å². The summed E-state index contributed by atoms with van der Waals surface area (Å²) in [4.78, 5) is 24.1. The Morgan fingerprint density at radius 2 is 1.66 bits per heavy atom. The molecule has 0 amide bonds. The van der Waals surface area contributed by atoms with E-state index in [1.165, 1.54) is 36.9 Å². The van der Waals surface area contributed by atoms with Crippen LogP contribution >= 0.6 is 0 Å². The van der Waals surface area contributed by atoms with Gasteiger partial charge in [0.25, 0.3) is 0 Å². The number of carboxylic acid groups (broad SMARTS) is 1. The van der Waals surface area contributed by atoms with Crippen molar-refractivity contribution >= 4 is 5.97 Å². The third kappa shape index (κ3) is 4.68. The Hall–Kier alpha value is -3.56. The number of aryl methyl sites for hydroxylation is 2. The first-order valence-electron chi connectivity index (χ1n) is 9.64. The number of alkyl halides is 3. The number of hydrogen-bond acceptors (Lipinski definition) is 4. The highest BCUT2D eigenvalue weighted by Crippen LogP contribution is 2.30. The molecule has 1 aromatic heterocycles. The Morgan fingerprint density at radius 3 is 2.16 bits per heavy atom. The van der Waals surface area contributed by atoms with Gasteiger partial charge < -0.3 is 9.84 Å². The van der Waals surface area contributed by atoms with Crippen molar-refractivity contribution < 1.29 is 27.8 Å². The third-order valence-corrected chi connectivity index (χ3v) is 4.92. The summed E-state index contributed by atoms with van der Waals surface area (Å²) in [6, 6.07) is 7.72. The van der Waals surface area contributed by atoms with Gasteiger partial charge in [0.2, 0.25) is 0 Å². The van der Waals surface area contributed by atoms with Crippen molar-refractivity contribution in [2.24, 2.45) is 0 Å². The Balaban J connectivity index is 1.85. The molecular formula is C22H22F3N3O4. The quantitative estimate of drug-likeness (QED) is 0.616. The molecule has 0 saturated carbocycles. The molecule has 0 spiro atoms. The molecule has 3 aromatic rings. The average Bonchev–Trinajstić information content (AvgIpc) is 3.04. The lowest BCUT2D eigenvalue weighted by Gasteiger charge is -2.24. The van der Waals surface area contributed by atoms with E-state index in [9.17, 15) is 27.9 Å². The van der Waals surface area contributed by atoms with Crippen molar-refractivity contribution in [1.29, 1.82) is 0 Å². The maximum absolute atomic E-state index is 12.7. The maximum Gasteiger partial charge on any atom is 0.416 e. The lowest BCUT2D eigenvalue weighted by atomic mass is 10.0. The maximum atomic E-state index is 12.7. The number of aromatic nitrogens is 3. The van der Waals surface area contributed by atoms with Gasteiger partial charge in [-0.15, -0.1) is 0 Å². The lowest BCUT2D eigenvalue weighted by Crippen LogP contribution is -2.38. The Morgan fingerprint density at radius 1 is 1.09 bits per heavy atom. The molecule has 2 aromatic carbocycles. The van der Waals surface area contributed by atoms with E-state index >= 15 is 0 Å². The van der Waals surface area contributed by atoms with Crippen molar-refractivity contribution in [1.82, 2.24) is 14.3 Å². The lowest BCUT2D eigenvalue weighted by molar-refractivity contribution is -0.152. The van der Waals surface area contributed by atoms with E-state index in [0.29, 0.717) is 16.9 Å². The fraction of sp³-hybridized carbons (Fsp3) is 0.318. The minimum atomic E-state index is -4.46. The van der Waals surface area contributed by atoms with Crippen LogP contribution in [0.25, 0.3) is 5.69 Å². The minimum Gasteiger partial charge on any atom is -0.478 e. The number of rotatable bonds is 6. The number of aliphatic carboxylic acids is 1. The Labute approximate surface area is 181 Å². The summed E-state index contributed by atoms with van der Waals surface area (Å²) in [6.07, 6.45) is -3.16. The molecule has 0 unspecified atom stereocenters. The van der Waals surface area contributed by atoms with Crippen LogP contribution in [0.15, 0.2) is 47.5 Å². The molecule has 0 radical (unpaired) electrons. The first-order valence-corrected chi connectivity index (χ1v) is 9.64. The molecule has 0 atom stereocenters. The van der Waals surface area contributed by atoms with Crippen LogP contribution in [0, 0.1) is 13.8 Å². The van der Waals surface area contributed by atoms with Crippen LogP contribution in [-0.4, -0.2) is 31.0 Å². The highest BCUT2D eigenvalue weighted by Gasteiger charge is 2.31. The fourth-order valence-electron chi connectivity index (χ4n) is 3.20. The zero-order valence-electron chi connectivity index (χ0n) is 17.9. The van der Waals surface area contributed by atoms with Crippen molar-refractivity contribution in [3.8, 4) is 11.4 Å². The highest BCUT2D eigenvalue weighted by atomic mass is 19.4. The number of hydrogen-bond donors (Lipinski definition) is 1. The predicted octanol–water partition coefficient (Wildman–Crippen LogP) is 3.96. The normalized spacial score (nSPS) is 12.1. The van der Waals surface area contributed by atoms with Crippen LogP contribution in [0.4, 0.5) is 13.2 Å². The van der Waals surface area contributed by atoms with Gasteiger partial charge in [-0.2, -0.15) is 23.0 Å². The van der Waals surface area contributed by atoms with Crippen LogP contribution in [-0.2, 0) is 17.5 Å². The molecule has 0 bridgehead atoms. The van der Waals surface area contributed by atoms with Gasteiger partial charge in [0.05, 0.1) is 17.8 Å². The second kappa shape index (κ2) is 8.18. The molecule has 1 heterocycles. The van der Waals surface area contributed by atoms with Gasteiger partial charge in [-0.05, 0) is 68.7 Å². The molecule has 0 aliphatic heterocycles. The summed E-state index contributed by atoms with van der Waals surface area (Å²) in [6.45, 7) is 6.63. The van der Waals surface area contributed by atoms with Crippen LogP contribution in [0.2, 0.25) is 0 Å². The molecular weight excluding hydrogens is 427 g/mol. The smallest absolute Gasteiger partial charge is 0.416 e. The van der Waals surface area contributed by atoms with Crippen LogP contribution < -0.4 is 10.4 Å². The topological polar surface area (TPSA) is 86.4 Å². The molecule has 0 aliphatic rings. The molecule has 10 heteroatoms. The summed E-state index contributed by atoms with van der Waals surface area (Å²) >= 11 is 0. The number of carboxylic acids is 1. The molecule has 32 heavy (non-hydrogen) atoms. The number of ether oxygens (including phenoxy) is 1. The summed E-state index contributed by atoms with van der Waals surface area (Å²) in [5.41, 5.74) is -0.338. The SMILES string of the molecule is Cc1cc(Cn2cnn(-c3ccc(C(F)(F)F)cc3)c2=O)cc(C)c1OC(C)(C)C(=O)O. The van der Waals surface area contributed by atoms with Crippen molar-refractivity contribution in [2.75, 3.05) is 0 Å². The largest absolute Gasteiger partial charge is 0.478 e. The minimum absolute atomic E-state index is 0.170. The van der Waals surface area contributed by atoms with Crippen LogP contribution in [0.5, 0.6) is 5.75 Å². The summed E-state index contributed by atoms with van der Waals surface area (Å²) in [7, 11) is 0. The second-order valence-corrected chi connectivity index (χ2v) is 7.97. The zero-order valence-corrected chi connectivity index (χ0v) is 17.9. The first kappa shape index (κ1) is 23.1. The van der Waals surface area contributed by atoms with Crippen LogP contribution in [0.3, 0.4) is 0 Å². The van der Waals surface area contributed by atoms with Gasteiger partial charge in [-0.3, -0.25) is 4.57 Å². The van der Waals surface area contributed by atoms with Gasteiger partial charge in [0.1, 0.15) is 12.1 Å². The number of benzene rings is 2. The van der Waals surface area contributed by atoms with Gasteiger partial charge in [-0.25, -0.2) is 9.59 Å². The molecule has 0 saturated heterocycles. The van der Waals surface area contributed by atoms with Gasteiger partial charge in [-0.1, -0.05) is 12.1 Å². The molecule has 0 fully saturated rings. The van der Waals surface area contributed by atoms with Crippen molar-refractivity contribution in [3.63, 3.8) is 0 Å². The van der Waals surface area contributed by atoms with E-state index in [0.717, 1.165) is 22.4 Å². The number of halogens is 3. The molecule has 3 rings (SSSR count). The van der Waals surface area contributed by atoms with E-state index in [4.69, 9.17) is 4.74 Å². The van der Waals surface area contributed by atoms with Gasteiger partial charge in [0, 0.05) is 0 Å². The average molecular weight is 449 g/mol. The van der Waals surface area contributed by atoms with Gasteiger partial charge in [0.15, 0.2) is 5.60 Å². The second-order valence-electron chi connectivity index (χ2n) is 7.97.